The molecule has 0 bridgehead atoms. The Labute approximate surface area is 133 Å². The van der Waals surface area contributed by atoms with Crippen molar-refractivity contribution in [3.8, 4) is 5.75 Å². The molecule has 128 valence electrons. The Bertz CT molecular complexity index is 573. The smallest absolute Gasteiger partial charge is 0.393 e. The van der Waals surface area contributed by atoms with Gasteiger partial charge in [-0.05, 0) is 38.9 Å². The number of halogens is 3. The van der Waals surface area contributed by atoms with Gasteiger partial charge in [-0.15, -0.1) is 0 Å². The molecule has 1 N–H and O–H groups in total. The van der Waals surface area contributed by atoms with Gasteiger partial charge in [-0.3, -0.25) is 9.69 Å². The molecule has 1 aliphatic heterocycles. The van der Waals surface area contributed by atoms with E-state index in [1.807, 2.05) is 0 Å². The number of likely N-dealkylation sites (tertiary alicyclic amines) is 1. The summed E-state index contributed by atoms with van der Waals surface area (Å²) in [6.45, 7) is 3.26. The lowest BCUT2D eigenvalue weighted by molar-refractivity contribution is -0.191. The number of ether oxygens (including phenoxy) is 1. The van der Waals surface area contributed by atoms with Crippen molar-refractivity contribution in [2.24, 2.45) is 5.92 Å². The summed E-state index contributed by atoms with van der Waals surface area (Å²) in [4.78, 5) is 13.7. The van der Waals surface area contributed by atoms with Gasteiger partial charge in [0.2, 0.25) is 5.91 Å². The predicted octanol–water partition coefficient (Wildman–Crippen LogP) is 3.30. The third-order valence-corrected chi connectivity index (χ3v) is 4.44. The average Bonchev–Trinajstić information content (AvgIpc) is 2.74. The number of benzene rings is 1. The number of hydrogen-bond donors (Lipinski definition) is 1. The largest absolute Gasteiger partial charge is 0.497 e. The maximum Gasteiger partial charge on any atom is 0.393 e. The zero-order valence-corrected chi connectivity index (χ0v) is 13.4. The highest BCUT2D eigenvalue weighted by Crippen LogP contribution is 2.44. The van der Waals surface area contributed by atoms with Crippen molar-refractivity contribution in [1.29, 1.82) is 0 Å². The van der Waals surface area contributed by atoms with Gasteiger partial charge in [-0.2, -0.15) is 13.2 Å². The van der Waals surface area contributed by atoms with Crippen LogP contribution in [-0.4, -0.2) is 42.7 Å². The van der Waals surface area contributed by atoms with Crippen LogP contribution in [0, 0.1) is 5.92 Å². The van der Waals surface area contributed by atoms with Gasteiger partial charge in [0, 0.05) is 17.3 Å². The number of nitrogens with zero attached hydrogens (tertiary/aromatic N) is 1. The van der Waals surface area contributed by atoms with Crippen LogP contribution in [0.3, 0.4) is 0 Å². The van der Waals surface area contributed by atoms with Crippen molar-refractivity contribution < 1.29 is 22.7 Å². The summed E-state index contributed by atoms with van der Waals surface area (Å²) < 4.78 is 44.2. The minimum atomic E-state index is -4.25. The quantitative estimate of drug-likeness (QED) is 0.921. The molecule has 0 aromatic heterocycles. The molecule has 1 aromatic rings. The molecule has 1 aromatic carbocycles. The van der Waals surface area contributed by atoms with Crippen LogP contribution < -0.4 is 10.1 Å². The van der Waals surface area contributed by atoms with Crippen LogP contribution in [0.25, 0.3) is 0 Å². The second kappa shape index (κ2) is 6.39. The minimum Gasteiger partial charge on any atom is -0.497 e. The Morgan fingerprint density at radius 2 is 2.13 bits per heavy atom. The lowest BCUT2D eigenvalue weighted by Gasteiger charge is -2.36. The Morgan fingerprint density at radius 1 is 1.43 bits per heavy atom. The van der Waals surface area contributed by atoms with Crippen LogP contribution in [0.15, 0.2) is 24.3 Å². The van der Waals surface area contributed by atoms with Crippen molar-refractivity contribution >= 4 is 11.6 Å². The number of hydrogen-bond acceptors (Lipinski definition) is 3. The molecule has 0 saturated carbocycles. The van der Waals surface area contributed by atoms with Gasteiger partial charge in [0.25, 0.3) is 0 Å². The standard InChI is InChI=1S/C16H21F3N2O2/c1-15(2)13(16(17,18)19)7-8-21(15)10-14(22)20-11-5-4-6-12(9-11)23-3/h4-6,9,13H,7-8,10H2,1-3H3,(H,20,22)/t13-/m1/s1. The number of carbonyl (C=O) groups excluding carboxylic acids is 1. The summed E-state index contributed by atoms with van der Waals surface area (Å²) in [5, 5.41) is 2.69. The predicted molar refractivity (Wildman–Crippen MR) is 81.4 cm³/mol. The lowest BCUT2D eigenvalue weighted by atomic mass is 9.88. The molecule has 1 saturated heterocycles. The third-order valence-electron chi connectivity index (χ3n) is 4.44. The monoisotopic (exact) mass is 330 g/mol. The molecular weight excluding hydrogens is 309 g/mol. The number of methoxy groups -OCH3 is 1. The first kappa shape index (κ1) is 17.6. The normalized spacial score (nSPS) is 21.2. The number of amides is 1. The van der Waals surface area contributed by atoms with Gasteiger partial charge in [0.05, 0.1) is 19.6 Å². The lowest BCUT2D eigenvalue weighted by Crippen LogP contribution is -2.49. The van der Waals surface area contributed by atoms with E-state index in [2.05, 4.69) is 5.32 Å². The molecule has 0 radical (unpaired) electrons. The van der Waals surface area contributed by atoms with E-state index in [0.717, 1.165) is 0 Å². The molecular formula is C16H21F3N2O2. The first-order valence-electron chi connectivity index (χ1n) is 7.40. The van der Waals surface area contributed by atoms with Gasteiger partial charge in [-0.1, -0.05) is 6.07 Å². The Hall–Kier alpha value is -1.76. The molecule has 4 nitrogen and oxygen atoms in total. The van der Waals surface area contributed by atoms with Crippen molar-refractivity contribution in [3.05, 3.63) is 24.3 Å². The average molecular weight is 330 g/mol. The molecule has 7 heteroatoms. The van der Waals surface area contributed by atoms with E-state index in [4.69, 9.17) is 4.74 Å². The Balaban J connectivity index is 2.00. The zero-order chi connectivity index (χ0) is 17.3. The molecule has 1 amide bonds. The maximum atomic E-state index is 13.1. The van der Waals surface area contributed by atoms with Crippen molar-refractivity contribution in [3.63, 3.8) is 0 Å². The molecule has 1 aliphatic rings. The number of anilines is 1. The van der Waals surface area contributed by atoms with E-state index in [0.29, 0.717) is 11.4 Å². The van der Waals surface area contributed by atoms with Crippen LogP contribution in [0.1, 0.15) is 20.3 Å². The topological polar surface area (TPSA) is 41.6 Å². The molecule has 0 spiro atoms. The van der Waals surface area contributed by atoms with Crippen molar-refractivity contribution in [1.82, 2.24) is 4.90 Å². The van der Waals surface area contributed by atoms with Crippen LogP contribution in [-0.2, 0) is 4.79 Å². The SMILES string of the molecule is COc1cccc(NC(=O)CN2CC[C@@H](C(F)(F)F)C2(C)C)c1. The fourth-order valence-corrected chi connectivity index (χ4v) is 3.07. The van der Waals surface area contributed by atoms with E-state index < -0.39 is 17.6 Å². The molecule has 0 aliphatic carbocycles. The molecule has 1 atom stereocenters. The molecule has 1 fully saturated rings. The van der Waals surface area contributed by atoms with E-state index >= 15 is 0 Å². The Morgan fingerprint density at radius 3 is 2.70 bits per heavy atom. The number of carbonyl (C=O) groups is 1. The fraction of sp³-hybridized carbons (Fsp3) is 0.562. The summed E-state index contributed by atoms with van der Waals surface area (Å²) >= 11 is 0. The maximum absolute atomic E-state index is 13.1. The van der Waals surface area contributed by atoms with Gasteiger partial charge in [0.15, 0.2) is 0 Å². The van der Waals surface area contributed by atoms with E-state index in [-0.39, 0.29) is 25.4 Å². The highest BCUT2D eigenvalue weighted by molar-refractivity contribution is 5.92. The first-order valence-corrected chi connectivity index (χ1v) is 7.40. The van der Waals surface area contributed by atoms with Gasteiger partial charge < -0.3 is 10.1 Å². The van der Waals surface area contributed by atoms with E-state index in [1.54, 1.807) is 29.2 Å². The first-order chi connectivity index (χ1) is 10.6. The highest BCUT2D eigenvalue weighted by Gasteiger charge is 2.54. The van der Waals surface area contributed by atoms with Crippen LogP contribution in [0.4, 0.5) is 18.9 Å². The molecule has 23 heavy (non-hydrogen) atoms. The van der Waals surface area contributed by atoms with Crippen LogP contribution in [0.2, 0.25) is 0 Å². The second-order valence-corrected chi connectivity index (χ2v) is 6.24. The third kappa shape index (κ3) is 3.96. The molecule has 0 unspecified atom stereocenters. The van der Waals surface area contributed by atoms with Gasteiger partial charge in [-0.25, -0.2) is 0 Å². The van der Waals surface area contributed by atoms with Crippen molar-refractivity contribution in [2.75, 3.05) is 25.5 Å². The summed E-state index contributed by atoms with van der Waals surface area (Å²) in [6, 6.07) is 6.83. The van der Waals surface area contributed by atoms with E-state index in [9.17, 15) is 18.0 Å². The summed E-state index contributed by atoms with van der Waals surface area (Å²) in [6.07, 6.45) is -4.23. The zero-order valence-electron chi connectivity index (χ0n) is 13.4. The number of alkyl halides is 3. The molecule has 1 heterocycles. The number of nitrogens with one attached hydrogen (secondary N) is 1. The fourth-order valence-electron chi connectivity index (χ4n) is 3.07. The van der Waals surface area contributed by atoms with Crippen LogP contribution >= 0.6 is 0 Å². The summed E-state index contributed by atoms with van der Waals surface area (Å²) in [5.74, 6) is -1.16. The Kier molecular flexibility index (Phi) is 4.89. The van der Waals surface area contributed by atoms with E-state index in [1.165, 1.54) is 21.0 Å². The second-order valence-electron chi connectivity index (χ2n) is 6.24. The van der Waals surface area contributed by atoms with Crippen LogP contribution in [0.5, 0.6) is 5.75 Å². The van der Waals surface area contributed by atoms with Gasteiger partial charge in [0.1, 0.15) is 5.75 Å². The number of rotatable bonds is 4. The van der Waals surface area contributed by atoms with Crippen molar-refractivity contribution in [2.45, 2.75) is 32.0 Å². The summed E-state index contributed by atoms with van der Waals surface area (Å²) in [7, 11) is 1.52. The minimum absolute atomic E-state index is 0.0168. The molecule has 2 rings (SSSR count). The highest BCUT2D eigenvalue weighted by atomic mass is 19.4. The summed E-state index contributed by atoms with van der Waals surface area (Å²) in [5.41, 5.74) is -0.539. The van der Waals surface area contributed by atoms with Gasteiger partial charge >= 0.3 is 6.18 Å².